The van der Waals surface area contributed by atoms with Crippen LogP contribution in [0, 0.1) is 12.8 Å². The van der Waals surface area contributed by atoms with Crippen LogP contribution in [0.4, 0.5) is 5.82 Å². The average Bonchev–Trinajstić information content (AvgIpc) is 2.27. The first-order valence-electron chi connectivity index (χ1n) is 5.59. The Morgan fingerprint density at radius 3 is 2.56 bits per heavy atom. The summed E-state index contributed by atoms with van der Waals surface area (Å²) in [5.74, 6) is -1.78. The lowest BCUT2D eigenvalue weighted by molar-refractivity contribution is -0.141. The van der Waals surface area contributed by atoms with Gasteiger partial charge in [-0.05, 0) is 32.4 Å². The van der Waals surface area contributed by atoms with Crippen LogP contribution in [0.2, 0.25) is 0 Å². The first-order chi connectivity index (χ1) is 8.34. The van der Waals surface area contributed by atoms with E-state index in [-0.39, 0.29) is 6.04 Å². The minimum absolute atomic E-state index is 0.293. The van der Waals surface area contributed by atoms with Crippen LogP contribution in [0.1, 0.15) is 29.8 Å². The molecular formula is C12H17N3O3. The Labute approximate surface area is 105 Å². The summed E-state index contributed by atoms with van der Waals surface area (Å²) < 4.78 is 0. The fraction of sp³-hybridized carbons (Fsp3) is 0.417. The zero-order chi connectivity index (χ0) is 13.9. The number of carboxylic acid groups (broad SMARTS) is 1. The maximum Gasteiger partial charge on any atom is 0.308 e. The molecule has 0 aliphatic heterocycles. The van der Waals surface area contributed by atoms with Gasteiger partial charge in [-0.25, -0.2) is 4.98 Å². The van der Waals surface area contributed by atoms with Gasteiger partial charge in [-0.15, -0.1) is 0 Å². The van der Waals surface area contributed by atoms with Gasteiger partial charge >= 0.3 is 5.97 Å². The molecule has 4 N–H and O–H groups in total. The summed E-state index contributed by atoms with van der Waals surface area (Å²) in [6.07, 6.45) is 1.54. The van der Waals surface area contributed by atoms with E-state index in [0.29, 0.717) is 16.9 Å². The third-order valence-electron chi connectivity index (χ3n) is 2.91. The molecule has 6 nitrogen and oxygen atoms in total. The zero-order valence-corrected chi connectivity index (χ0v) is 10.6. The third kappa shape index (κ3) is 2.97. The molecule has 1 rings (SSSR count). The van der Waals surface area contributed by atoms with Gasteiger partial charge in [0, 0.05) is 12.2 Å². The van der Waals surface area contributed by atoms with Crippen LogP contribution < -0.4 is 11.1 Å². The summed E-state index contributed by atoms with van der Waals surface area (Å²) in [6, 6.07) is 1.31. The van der Waals surface area contributed by atoms with Crippen LogP contribution in [0.3, 0.4) is 0 Å². The molecule has 0 spiro atoms. The molecule has 0 saturated carbocycles. The molecule has 2 atom stereocenters. The monoisotopic (exact) mass is 251 g/mol. The van der Waals surface area contributed by atoms with Gasteiger partial charge in [-0.2, -0.15) is 0 Å². The Hall–Kier alpha value is -2.11. The van der Waals surface area contributed by atoms with Gasteiger partial charge < -0.3 is 16.2 Å². The number of hydrogen-bond acceptors (Lipinski definition) is 4. The van der Waals surface area contributed by atoms with E-state index >= 15 is 0 Å². The second-order valence-corrected chi connectivity index (χ2v) is 4.28. The molecule has 6 heteroatoms. The highest BCUT2D eigenvalue weighted by Gasteiger charge is 2.21. The molecule has 0 aliphatic carbocycles. The van der Waals surface area contributed by atoms with Crippen molar-refractivity contribution in [2.75, 3.05) is 5.32 Å². The van der Waals surface area contributed by atoms with E-state index in [2.05, 4.69) is 10.3 Å². The predicted octanol–water partition coefficient (Wildman–Crippen LogP) is 1.01. The van der Waals surface area contributed by atoms with Gasteiger partial charge in [0.1, 0.15) is 5.82 Å². The van der Waals surface area contributed by atoms with Crippen LogP contribution in [-0.2, 0) is 4.79 Å². The van der Waals surface area contributed by atoms with Gasteiger partial charge in [0.2, 0.25) is 0 Å². The lowest BCUT2D eigenvalue weighted by Crippen LogP contribution is -2.31. The highest BCUT2D eigenvalue weighted by Crippen LogP contribution is 2.18. The van der Waals surface area contributed by atoms with E-state index < -0.39 is 17.8 Å². The number of carboxylic acids is 1. The number of pyridine rings is 1. The quantitative estimate of drug-likeness (QED) is 0.724. The molecule has 18 heavy (non-hydrogen) atoms. The van der Waals surface area contributed by atoms with Crippen LogP contribution in [0.5, 0.6) is 0 Å². The van der Waals surface area contributed by atoms with Crippen molar-refractivity contribution in [2.45, 2.75) is 26.8 Å². The van der Waals surface area contributed by atoms with E-state index in [1.54, 1.807) is 33.0 Å². The molecule has 0 aliphatic rings. The number of rotatable bonds is 5. The normalized spacial score (nSPS) is 13.7. The SMILES string of the molecule is Cc1ccnc(NC(C)C(C)C(=O)O)c1C(N)=O. The Morgan fingerprint density at radius 2 is 2.06 bits per heavy atom. The Balaban J connectivity index is 3.01. The Kier molecular flexibility index (Phi) is 4.25. The molecule has 1 aromatic rings. The first kappa shape index (κ1) is 14.0. The van der Waals surface area contributed by atoms with E-state index in [4.69, 9.17) is 10.8 Å². The lowest BCUT2D eigenvalue weighted by Gasteiger charge is -2.20. The van der Waals surface area contributed by atoms with Crippen molar-refractivity contribution in [2.24, 2.45) is 11.7 Å². The number of aliphatic carboxylic acids is 1. The molecular weight excluding hydrogens is 234 g/mol. The maximum absolute atomic E-state index is 11.4. The minimum Gasteiger partial charge on any atom is -0.481 e. The highest BCUT2D eigenvalue weighted by atomic mass is 16.4. The standard InChI is InChI=1S/C12H17N3O3/c1-6-4-5-14-11(9(6)10(13)16)15-8(3)7(2)12(17)18/h4-5,7-8H,1-3H3,(H2,13,16)(H,14,15)(H,17,18). The van der Waals surface area contributed by atoms with Gasteiger partial charge in [0.15, 0.2) is 0 Å². The van der Waals surface area contributed by atoms with Gasteiger partial charge in [-0.1, -0.05) is 0 Å². The first-order valence-corrected chi connectivity index (χ1v) is 5.59. The van der Waals surface area contributed by atoms with E-state index in [9.17, 15) is 9.59 Å². The van der Waals surface area contributed by atoms with E-state index in [1.807, 2.05) is 0 Å². The zero-order valence-electron chi connectivity index (χ0n) is 10.6. The second kappa shape index (κ2) is 5.48. The number of aryl methyl sites for hydroxylation is 1. The number of hydrogen-bond donors (Lipinski definition) is 3. The summed E-state index contributed by atoms with van der Waals surface area (Å²) in [4.78, 5) is 26.3. The van der Waals surface area contributed by atoms with Crippen LogP contribution >= 0.6 is 0 Å². The number of nitrogens with two attached hydrogens (primary N) is 1. The highest BCUT2D eigenvalue weighted by molar-refractivity contribution is 5.99. The van der Waals surface area contributed by atoms with Crippen molar-refractivity contribution in [3.8, 4) is 0 Å². The molecule has 0 aromatic carbocycles. The smallest absolute Gasteiger partial charge is 0.308 e. The molecule has 0 saturated heterocycles. The summed E-state index contributed by atoms with van der Waals surface area (Å²) in [6.45, 7) is 5.05. The van der Waals surface area contributed by atoms with Crippen molar-refractivity contribution in [1.82, 2.24) is 4.98 Å². The van der Waals surface area contributed by atoms with Crippen molar-refractivity contribution in [3.63, 3.8) is 0 Å². The van der Waals surface area contributed by atoms with E-state index in [0.717, 1.165) is 0 Å². The van der Waals surface area contributed by atoms with Crippen molar-refractivity contribution in [3.05, 3.63) is 23.4 Å². The molecule has 0 radical (unpaired) electrons. The van der Waals surface area contributed by atoms with Crippen LogP contribution in [0.25, 0.3) is 0 Å². The van der Waals surface area contributed by atoms with Crippen molar-refractivity contribution >= 4 is 17.7 Å². The van der Waals surface area contributed by atoms with E-state index in [1.165, 1.54) is 0 Å². The lowest BCUT2D eigenvalue weighted by atomic mass is 10.0. The molecule has 1 aromatic heterocycles. The fourth-order valence-electron chi connectivity index (χ4n) is 1.53. The van der Waals surface area contributed by atoms with Crippen molar-refractivity contribution in [1.29, 1.82) is 0 Å². The number of nitrogens with zero attached hydrogens (tertiary/aromatic N) is 1. The number of aromatic nitrogens is 1. The Morgan fingerprint density at radius 1 is 1.44 bits per heavy atom. The second-order valence-electron chi connectivity index (χ2n) is 4.28. The summed E-state index contributed by atoms with van der Waals surface area (Å²) in [5.41, 5.74) is 6.29. The molecule has 1 heterocycles. The number of carbonyl (C=O) groups excluding carboxylic acids is 1. The van der Waals surface area contributed by atoms with Crippen molar-refractivity contribution < 1.29 is 14.7 Å². The number of carbonyl (C=O) groups is 2. The molecule has 0 bridgehead atoms. The van der Waals surface area contributed by atoms with Crippen LogP contribution in [-0.4, -0.2) is 28.0 Å². The predicted molar refractivity (Wildman–Crippen MR) is 67.4 cm³/mol. The molecule has 2 unspecified atom stereocenters. The minimum atomic E-state index is -0.914. The van der Waals surface area contributed by atoms with Crippen LogP contribution in [0.15, 0.2) is 12.3 Å². The fourth-order valence-corrected chi connectivity index (χ4v) is 1.53. The number of amides is 1. The molecule has 0 fully saturated rings. The summed E-state index contributed by atoms with van der Waals surface area (Å²) in [5, 5.41) is 11.8. The average molecular weight is 251 g/mol. The number of nitrogens with one attached hydrogen (secondary N) is 1. The largest absolute Gasteiger partial charge is 0.481 e. The van der Waals surface area contributed by atoms with Gasteiger partial charge in [0.25, 0.3) is 5.91 Å². The summed E-state index contributed by atoms with van der Waals surface area (Å²) >= 11 is 0. The summed E-state index contributed by atoms with van der Waals surface area (Å²) in [7, 11) is 0. The number of anilines is 1. The topological polar surface area (TPSA) is 105 Å². The van der Waals surface area contributed by atoms with Gasteiger partial charge in [-0.3, -0.25) is 9.59 Å². The maximum atomic E-state index is 11.4. The number of primary amides is 1. The molecule has 1 amide bonds. The third-order valence-corrected chi connectivity index (χ3v) is 2.91. The Bertz CT molecular complexity index is 474. The molecule has 98 valence electrons. The van der Waals surface area contributed by atoms with Gasteiger partial charge in [0.05, 0.1) is 11.5 Å².